The van der Waals surface area contributed by atoms with E-state index in [1.165, 1.54) is 5.56 Å². The fourth-order valence-electron chi connectivity index (χ4n) is 2.07. The van der Waals surface area contributed by atoms with Crippen molar-refractivity contribution in [1.82, 2.24) is 5.32 Å². The van der Waals surface area contributed by atoms with Crippen LogP contribution in [0, 0.1) is 0 Å². The quantitative estimate of drug-likeness (QED) is 0.723. The molecule has 2 aromatic rings. The number of para-hydroxylation sites is 1. The van der Waals surface area contributed by atoms with Crippen LogP contribution in [-0.2, 0) is 6.54 Å². The first kappa shape index (κ1) is 15.8. The minimum atomic E-state index is 0.283. The molecule has 2 aromatic carbocycles. The lowest BCUT2D eigenvalue weighted by molar-refractivity contribution is 0.357. The van der Waals surface area contributed by atoms with E-state index in [1.54, 1.807) is 6.08 Å². The molecule has 0 bridgehead atoms. The van der Waals surface area contributed by atoms with Crippen molar-refractivity contribution >= 4 is 15.9 Å². The van der Waals surface area contributed by atoms with Gasteiger partial charge < -0.3 is 10.1 Å². The molecule has 21 heavy (non-hydrogen) atoms. The van der Waals surface area contributed by atoms with Gasteiger partial charge >= 0.3 is 0 Å². The van der Waals surface area contributed by atoms with Gasteiger partial charge in [-0.3, -0.25) is 0 Å². The van der Waals surface area contributed by atoms with Crippen molar-refractivity contribution in [3.8, 4) is 5.75 Å². The molecule has 0 aliphatic carbocycles. The number of hydrogen-bond donors (Lipinski definition) is 1. The second kappa shape index (κ2) is 8.01. The van der Waals surface area contributed by atoms with Crippen LogP contribution in [0.4, 0.5) is 0 Å². The van der Waals surface area contributed by atoms with E-state index in [-0.39, 0.29) is 6.04 Å². The average Bonchev–Trinajstić information content (AvgIpc) is 2.52. The Morgan fingerprint density at radius 2 is 1.90 bits per heavy atom. The van der Waals surface area contributed by atoms with E-state index in [1.807, 2.05) is 18.2 Å². The van der Waals surface area contributed by atoms with Gasteiger partial charge in [-0.25, -0.2) is 0 Å². The van der Waals surface area contributed by atoms with E-state index in [0.29, 0.717) is 6.61 Å². The Hall–Kier alpha value is -1.58. The van der Waals surface area contributed by atoms with Crippen LogP contribution in [0.5, 0.6) is 5.75 Å². The molecule has 0 spiro atoms. The first-order valence-corrected chi connectivity index (χ1v) is 7.80. The third-order valence-electron chi connectivity index (χ3n) is 3.30. The van der Waals surface area contributed by atoms with E-state index in [4.69, 9.17) is 4.74 Å². The summed E-state index contributed by atoms with van der Waals surface area (Å²) in [4.78, 5) is 0. The SMILES string of the molecule is C=CCOc1ccccc1CNC(C)c1ccc(Br)cc1. The summed E-state index contributed by atoms with van der Waals surface area (Å²) in [6.45, 7) is 7.14. The zero-order valence-corrected chi connectivity index (χ0v) is 13.8. The summed E-state index contributed by atoms with van der Waals surface area (Å²) >= 11 is 3.46. The summed E-state index contributed by atoms with van der Waals surface area (Å²) in [7, 11) is 0. The Balaban J connectivity index is 1.99. The molecule has 2 nitrogen and oxygen atoms in total. The number of rotatable bonds is 7. The fourth-order valence-corrected chi connectivity index (χ4v) is 2.34. The molecule has 0 fully saturated rings. The second-order valence-corrected chi connectivity index (χ2v) is 5.78. The Kier molecular flexibility index (Phi) is 6.03. The first-order chi connectivity index (χ1) is 10.2. The molecule has 110 valence electrons. The maximum atomic E-state index is 5.68. The third-order valence-corrected chi connectivity index (χ3v) is 3.83. The molecular formula is C18H20BrNO. The lowest BCUT2D eigenvalue weighted by Gasteiger charge is -2.16. The number of hydrogen-bond acceptors (Lipinski definition) is 2. The fraction of sp³-hybridized carbons (Fsp3) is 0.222. The van der Waals surface area contributed by atoms with Gasteiger partial charge in [0.25, 0.3) is 0 Å². The summed E-state index contributed by atoms with van der Waals surface area (Å²) < 4.78 is 6.77. The Morgan fingerprint density at radius 3 is 2.62 bits per heavy atom. The standard InChI is InChI=1S/C18H20BrNO/c1-3-12-21-18-7-5-4-6-16(18)13-20-14(2)15-8-10-17(19)11-9-15/h3-11,14,20H,1,12-13H2,2H3. The highest BCUT2D eigenvalue weighted by atomic mass is 79.9. The molecule has 1 unspecified atom stereocenters. The molecule has 0 aliphatic rings. The Labute approximate surface area is 135 Å². The summed E-state index contributed by atoms with van der Waals surface area (Å²) in [5, 5.41) is 3.53. The molecule has 2 rings (SSSR count). The van der Waals surface area contributed by atoms with Crippen LogP contribution in [0.1, 0.15) is 24.1 Å². The van der Waals surface area contributed by atoms with Gasteiger partial charge in [-0.2, -0.15) is 0 Å². The monoisotopic (exact) mass is 345 g/mol. The van der Waals surface area contributed by atoms with E-state index in [9.17, 15) is 0 Å². The summed E-state index contributed by atoms with van der Waals surface area (Å²) in [6.07, 6.45) is 1.76. The van der Waals surface area contributed by atoms with Gasteiger partial charge in [0, 0.05) is 22.6 Å². The van der Waals surface area contributed by atoms with Crippen LogP contribution in [0.25, 0.3) is 0 Å². The number of nitrogens with one attached hydrogen (secondary N) is 1. The second-order valence-electron chi connectivity index (χ2n) is 4.86. The van der Waals surface area contributed by atoms with Crippen molar-refractivity contribution in [2.24, 2.45) is 0 Å². The van der Waals surface area contributed by atoms with Crippen LogP contribution in [0.3, 0.4) is 0 Å². The number of benzene rings is 2. The van der Waals surface area contributed by atoms with Gasteiger partial charge in [0.15, 0.2) is 0 Å². The average molecular weight is 346 g/mol. The summed E-state index contributed by atoms with van der Waals surface area (Å²) in [5.74, 6) is 0.910. The summed E-state index contributed by atoms with van der Waals surface area (Å²) in [5.41, 5.74) is 2.42. The van der Waals surface area contributed by atoms with Crippen LogP contribution < -0.4 is 10.1 Å². The van der Waals surface area contributed by atoms with E-state index in [0.717, 1.165) is 22.3 Å². The normalized spacial score (nSPS) is 11.9. The molecule has 1 atom stereocenters. The smallest absolute Gasteiger partial charge is 0.124 e. The van der Waals surface area contributed by atoms with Crippen molar-refractivity contribution in [2.75, 3.05) is 6.61 Å². The van der Waals surface area contributed by atoms with Crippen LogP contribution in [0.15, 0.2) is 65.7 Å². The molecule has 0 aromatic heterocycles. The molecule has 0 saturated carbocycles. The molecule has 0 heterocycles. The minimum absolute atomic E-state index is 0.283. The molecule has 0 radical (unpaired) electrons. The van der Waals surface area contributed by atoms with E-state index < -0.39 is 0 Å². The molecular weight excluding hydrogens is 326 g/mol. The molecule has 1 N–H and O–H groups in total. The predicted molar refractivity (Wildman–Crippen MR) is 91.5 cm³/mol. The largest absolute Gasteiger partial charge is 0.489 e. The lowest BCUT2D eigenvalue weighted by atomic mass is 10.1. The predicted octanol–water partition coefficient (Wildman–Crippen LogP) is 4.86. The van der Waals surface area contributed by atoms with Crippen molar-refractivity contribution < 1.29 is 4.74 Å². The Morgan fingerprint density at radius 1 is 1.19 bits per heavy atom. The topological polar surface area (TPSA) is 21.3 Å². The van der Waals surface area contributed by atoms with E-state index in [2.05, 4.69) is 65.1 Å². The van der Waals surface area contributed by atoms with Gasteiger partial charge in [-0.05, 0) is 30.7 Å². The van der Waals surface area contributed by atoms with Gasteiger partial charge in [0.2, 0.25) is 0 Å². The minimum Gasteiger partial charge on any atom is -0.489 e. The molecule has 0 saturated heterocycles. The maximum Gasteiger partial charge on any atom is 0.124 e. The van der Waals surface area contributed by atoms with Crippen LogP contribution >= 0.6 is 15.9 Å². The molecule has 0 aliphatic heterocycles. The highest BCUT2D eigenvalue weighted by Gasteiger charge is 2.07. The van der Waals surface area contributed by atoms with Crippen molar-refractivity contribution in [3.63, 3.8) is 0 Å². The van der Waals surface area contributed by atoms with Crippen molar-refractivity contribution in [3.05, 3.63) is 76.8 Å². The lowest BCUT2D eigenvalue weighted by Crippen LogP contribution is -2.18. The van der Waals surface area contributed by atoms with E-state index >= 15 is 0 Å². The van der Waals surface area contributed by atoms with Gasteiger partial charge in [0.1, 0.15) is 12.4 Å². The van der Waals surface area contributed by atoms with Crippen LogP contribution in [-0.4, -0.2) is 6.61 Å². The first-order valence-electron chi connectivity index (χ1n) is 7.01. The maximum absolute atomic E-state index is 5.68. The highest BCUT2D eigenvalue weighted by molar-refractivity contribution is 9.10. The number of halogens is 1. The summed E-state index contributed by atoms with van der Waals surface area (Å²) in [6, 6.07) is 16.8. The van der Waals surface area contributed by atoms with Gasteiger partial charge in [-0.15, -0.1) is 0 Å². The zero-order valence-electron chi connectivity index (χ0n) is 12.2. The van der Waals surface area contributed by atoms with Crippen molar-refractivity contribution in [2.45, 2.75) is 19.5 Å². The zero-order chi connectivity index (χ0) is 15.1. The van der Waals surface area contributed by atoms with Gasteiger partial charge in [0.05, 0.1) is 0 Å². The molecule has 3 heteroatoms. The van der Waals surface area contributed by atoms with Crippen LogP contribution in [0.2, 0.25) is 0 Å². The number of ether oxygens (including phenoxy) is 1. The third kappa shape index (κ3) is 4.73. The van der Waals surface area contributed by atoms with Crippen molar-refractivity contribution in [1.29, 1.82) is 0 Å². The highest BCUT2D eigenvalue weighted by Crippen LogP contribution is 2.20. The Bertz CT molecular complexity index is 580. The van der Waals surface area contributed by atoms with Gasteiger partial charge in [-0.1, -0.05) is 58.9 Å². The molecule has 0 amide bonds.